The molecule has 0 amide bonds. The molecule has 0 radical (unpaired) electrons. The molecule has 0 bridgehead atoms. The lowest BCUT2D eigenvalue weighted by Gasteiger charge is -2.09. The van der Waals surface area contributed by atoms with Crippen molar-refractivity contribution in [1.29, 1.82) is 0 Å². The Labute approximate surface area is 73.0 Å². The lowest BCUT2D eigenvalue weighted by atomic mass is 10.0. The fourth-order valence-corrected chi connectivity index (χ4v) is 1.15. The first-order chi connectivity index (χ1) is 5.77. The summed E-state index contributed by atoms with van der Waals surface area (Å²) in [6, 6.07) is 7.79. The lowest BCUT2D eigenvalue weighted by Crippen LogP contribution is -2.14. The van der Waals surface area contributed by atoms with Gasteiger partial charge in [-0.1, -0.05) is 31.2 Å². The maximum absolute atomic E-state index is 8.83. The van der Waals surface area contributed by atoms with Crippen LogP contribution >= 0.6 is 0 Å². The monoisotopic (exact) mass is 165 g/mol. The van der Waals surface area contributed by atoms with Gasteiger partial charge in [0.1, 0.15) is 0 Å². The molecule has 0 unspecified atom stereocenters. The smallest absolute Gasteiger partial charge is 0.0624 e. The molecule has 3 N–H and O–H groups in total. The van der Waals surface area contributed by atoms with Gasteiger partial charge in [0.15, 0.2) is 0 Å². The van der Waals surface area contributed by atoms with Gasteiger partial charge < -0.3 is 10.8 Å². The van der Waals surface area contributed by atoms with Crippen LogP contribution in [0.2, 0.25) is 0 Å². The first-order valence-corrected chi connectivity index (χ1v) is 4.23. The second-order valence-electron chi connectivity index (χ2n) is 2.89. The number of hydrogen-bond acceptors (Lipinski definition) is 2. The molecule has 0 aliphatic heterocycles. The van der Waals surface area contributed by atoms with E-state index in [4.69, 9.17) is 10.8 Å². The Kier molecular flexibility index (Phi) is 3.26. The summed E-state index contributed by atoms with van der Waals surface area (Å²) in [6.45, 7) is 2.11. The van der Waals surface area contributed by atoms with Crippen LogP contribution < -0.4 is 5.73 Å². The molecule has 12 heavy (non-hydrogen) atoms. The molecule has 0 fully saturated rings. The van der Waals surface area contributed by atoms with Crippen molar-refractivity contribution in [1.82, 2.24) is 0 Å². The van der Waals surface area contributed by atoms with Crippen LogP contribution in [-0.4, -0.2) is 11.7 Å². The average Bonchev–Trinajstić information content (AvgIpc) is 2.17. The molecule has 0 saturated carbocycles. The molecule has 1 rings (SSSR count). The Hall–Kier alpha value is -0.860. The molecule has 66 valence electrons. The fraction of sp³-hybridized carbons (Fsp3) is 0.400. The van der Waals surface area contributed by atoms with Crippen LogP contribution in [0.15, 0.2) is 24.3 Å². The van der Waals surface area contributed by atoms with Gasteiger partial charge in [-0.2, -0.15) is 0 Å². The second-order valence-corrected chi connectivity index (χ2v) is 2.89. The van der Waals surface area contributed by atoms with Gasteiger partial charge in [0.2, 0.25) is 0 Å². The summed E-state index contributed by atoms with van der Waals surface area (Å²) in [5.74, 6) is 0. The quantitative estimate of drug-likeness (QED) is 0.708. The minimum Gasteiger partial charge on any atom is -0.394 e. The van der Waals surface area contributed by atoms with E-state index < -0.39 is 0 Å². The molecule has 2 nitrogen and oxygen atoms in total. The van der Waals surface area contributed by atoms with Crippen LogP contribution in [0.3, 0.4) is 0 Å². The molecule has 0 aromatic heterocycles. The molecule has 1 aromatic carbocycles. The highest BCUT2D eigenvalue weighted by Crippen LogP contribution is 2.11. The molecular weight excluding hydrogens is 150 g/mol. The zero-order valence-electron chi connectivity index (χ0n) is 7.33. The van der Waals surface area contributed by atoms with E-state index in [-0.39, 0.29) is 12.6 Å². The van der Waals surface area contributed by atoms with E-state index in [1.54, 1.807) is 0 Å². The second kappa shape index (κ2) is 4.24. The summed E-state index contributed by atoms with van der Waals surface area (Å²) in [5, 5.41) is 8.83. The number of aliphatic hydroxyl groups excluding tert-OH is 1. The van der Waals surface area contributed by atoms with E-state index in [0.29, 0.717) is 0 Å². The number of rotatable bonds is 3. The van der Waals surface area contributed by atoms with Crippen molar-refractivity contribution < 1.29 is 5.11 Å². The van der Waals surface area contributed by atoms with Crippen molar-refractivity contribution in [2.75, 3.05) is 6.61 Å². The SMILES string of the molecule is CCc1cccc([C@H](N)CO)c1. The van der Waals surface area contributed by atoms with E-state index in [2.05, 4.69) is 13.0 Å². The van der Waals surface area contributed by atoms with E-state index in [1.807, 2.05) is 18.2 Å². The van der Waals surface area contributed by atoms with Crippen LogP contribution in [0.4, 0.5) is 0 Å². The van der Waals surface area contributed by atoms with Crippen LogP contribution in [0.5, 0.6) is 0 Å². The van der Waals surface area contributed by atoms with Gasteiger partial charge in [-0.05, 0) is 17.5 Å². The summed E-state index contributed by atoms with van der Waals surface area (Å²) in [4.78, 5) is 0. The number of nitrogens with two attached hydrogens (primary N) is 1. The molecule has 2 heteroatoms. The molecule has 0 aliphatic carbocycles. The molecule has 1 aromatic rings. The summed E-state index contributed by atoms with van der Waals surface area (Å²) >= 11 is 0. The highest BCUT2D eigenvalue weighted by Gasteiger charge is 2.03. The maximum Gasteiger partial charge on any atom is 0.0624 e. The maximum atomic E-state index is 8.83. The van der Waals surface area contributed by atoms with E-state index in [9.17, 15) is 0 Å². The van der Waals surface area contributed by atoms with Crippen molar-refractivity contribution in [3.8, 4) is 0 Å². The Balaban J connectivity index is 2.86. The molecule has 0 spiro atoms. The number of benzene rings is 1. The van der Waals surface area contributed by atoms with Crippen molar-refractivity contribution >= 4 is 0 Å². The standard InChI is InChI=1S/C10H15NO/c1-2-8-4-3-5-9(6-8)10(11)7-12/h3-6,10,12H,2,7,11H2,1H3/t10-/m1/s1. The molecule has 1 atom stereocenters. The molecular formula is C10H15NO. The van der Waals surface area contributed by atoms with Gasteiger partial charge in [-0.15, -0.1) is 0 Å². The third-order valence-electron chi connectivity index (χ3n) is 1.98. The van der Waals surface area contributed by atoms with E-state index in [1.165, 1.54) is 5.56 Å². The van der Waals surface area contributed by atoms with Crippen LogP contribution in [0.25, 0.3) is 0 Å². The fourth-order valence-electron chi connectivity index (χ4n) is 1.15. The van der Waals surface area contributed by atoms with Crippen LogP contribution in [0.1, 0.15) is 24.1 Å². The molecule has 0 saturated heterocycles. The highest BCUT2D eigenvalue weighted by atomic mass is 16.3. The minimum atomic E-state index is -0.239. The summed E-state index contributed by atoms with van der Waals surface area (Å²) in [7, 11) is 0. The summed E-state index contributed by atoms with van der Waals surface area (Å²) in [5.41, 5.74) is 7.94. The zero-order chi connectivity index (χ0) is 8.97. The summed E-state index contributed by atoms with van der Waals surface area (Å²) < 4.78 is 0. The van der Waals surface area contributed by atoms with Gasteiger partial charge in [0.05, 0.1) is 12.6 Å². The van der Waals surface area contributed by atoms with E-state index in [0.717, 1.165) is 12.0 Å². The van der Waals surface area contributed by atoms with Gasteiger partial charge in [0, 0.05) is 0 Å². The van der Waals surface area contributed by atoms with E-state index >= 15 is 0 Å². The number of aliphatic hydroxyl groups is 1. The first-order valence-electron chi connectivity index (χ1n) is 4.23. The van der Waals surface area contributed by atoms with Gasteiger partial charge in [-0.3, -0.25) is 0 Å². The Morgan fingerprint density at radius 1 is 1.50 bits per heavy atom. The Morgan fingerprint density at radius 3 is 2.83 bits per heavy atom. The van der Waals surface area contributed by atoms with Gasteiger partial charge >= 0.3 is 0 Å². The predicted molar refractivity (Wildman–Crippen MR) is 49.8 cm³/mol. The number of aryl methyl sites for hydroxylation is 1. The molecule has 0 heterocycles. The zero-order valence-corrected chi connectivity index (χ0v) is 7.33. The van der Waals surface area contributed by atoms with Gasteiger partial charge in [-0.25, -0.2) is 0 Å². The average molecular weight is 165 g/mol. The first kappa shape index (κ1) is 9.23. The predicted octanol–water partition coefficient (Wildman–Crippen LogP) is 1.24. The third-order valence-corrected chi connectivity index (χ3v) is 1.98. The van der Waals surface area contributed by atoms with Crippen LogP contribution in [0, 0.1) is 0 Å². The minimum absolute atomic E-state index is 0.00711. The largest absolute Gasteiger partial charge is 0.394 e. The van der Waals surface area contributed by atoms with Crippen molar-refractivity contribution in [2.24, 2.45) is 5.73 Å². The number of hydrogen-bond donors (Lipinski definition) is 2. The Bertz CT molecular complexity index is 247. The molecule has 0 aliphatic rings. The van der Waals surface area contributed by atoms with Gasteiger partial charge in [0.25, 0.3) is 0 Å². The third kappa shape index (κ3) is 2.06. The summed E-state index contributed by atoms with van der Waals surface area (Å²) in [6.07, 6.45) is 1.01. The van der Waals surface area contributed by atoms with Crippen molar-refractivity contribution in [3.63, 3.8) is 0 Å². The van der Waals surface area contributed by atoms with Crippen molar-refractivity contribution in [3.05, 3.63) is 35.4 Å². The Morgan fingerprint density at radius 2 is 2.25 bits per heavy atom. The lowest BCUT2D eigenvalue weighted by molar-refractivity contribution is 0.268. The van der Waals surface area contributed by atoms with Crippen molar-refractivity contribution in [2.45, 2.75) is 19.4 Å². The topological polar surface area (TPSA) is 46.2 Å². The van der Waals surface area contributed by atoms with Crippen LogP contribution in [-0.2, 0) is 6.42 Å². The normalized spacial score (nSPS) is 12.9. The highest BCUT2D eigenvalue weighted by molar-refractivity contribution is 5.25.